The van der Waals surface area contributed by atoms with Crippen LogP contribution >= 0.6 is 23.2 Å². The van der Waals surface area contributed by atoms with Gasteiger partial charge in [-0.3, -0.25) is 0 Å². The van der Waals surface area contributed by atoms with Crippen LogP contribution in [0.25, 0.3) is 0 Å². The van der Waals surface area contributed by atoms with Crippen molar-refractivity contribution in [2.45, 2.75) is 6.42 Å². The Morgan fingerprint density at radius 3 is 2.71 bits per heavy atom. The molecule has 0 radical (unpaired) electrons. The number of rotatable bonds is 1. The quantitative estimate of drug-likeness (QED) is 0.721. The zero-order valence-corrected chi connectivity index (χ0v) is 8.86. The minimum atomic E-state index is 0.209. The lowest BCUT2D eigenvalue weighted by atomic mass is 10.2. The molecule has 5 heteroatoms. The molecule has 0 spiro atoms. The molecule has 3 nitrogen and oxygen atoms in total. The summed E-state index contributed by atoms with van der Waals surface area (Å²) in [5, 5.41) is 0.579. The number of halogens is 2. The first kappa shape index (κ1) is 11.1. The Labute approximate surface area is 92.4 Å². The molecule has 1 rings (SSSR count). The van der Waals surface area contributed by atoms with Gasteiger partial charge in [-0.2, -0.15) is 0 Å². The molecule has 4 N–H and O–H groups in total. The third-order valence-electron chi connectivity index (χ3n) is 1.48. The Bertz CT molecular complexity index is 393. The first-order valence-electron chi connectivity index (χ1n) is 3.95. The molecule has 0 aliphatic carbocycles. The van der Waals surface area contributed by atoms with E-state index in [1.165, 1.54) is 6.20 Å². The topological polar surface area (TPSA) is 64.9 Å². The fourth-order valence-electron chi connectivity index (χ4n) is 0.795. The van der Waals surface area contributed by atoms with E-state index in [0.717, 1.165) is 0 Å². The monoisotopic (exact) mass is 229 g/mol. The highest BCUT2D eigenvalue weighted by Gasteiger charge is 2.06. The van der Waals surface area contributed by atoms with Crippen LogP contribution in [0.4, 0.5) is 5.82 Å². The normalized spacial score (nSPS) is 9.36. The first-order chi connectivity index (χ1) is 6.66. The molecule has 0 bridgehead atoms. The maximum Gasteiger partial charge on any atom is 0.143 e. The van der Waals surface area contributed by atoms with E-state index in [0.29, 0.717) is 23.6 Å². The van der Waals surface area contributed by atoms with Gasteiger partial charge in [0.05, 0.1) is 10.6 Å². The molecule has 1 aromatic heterocycles. The van der Waals surface area contributed by atoms with Gasteiger partial charge in [0.15, 0.2) is 0 Å². The average molecular weight is 230 g/mol. The molecule has 0 amide bonds. The van der Waals surface area contributed by atoms with E-state index in [1.807, 2.05) is 0 Å². The molecular weight excluding hydrogens is 221 g/mol. The van der Waals surface area contributed by atoms with Gasteiger partial charge in [-0.05, 0) is 0 Å². The molecule has 0 atom stereocenters. The SMILES string of the molecule is NCCC#Cc1cnc(N)c(Cl)c1Cl. The molecule has 1 aromatic rings. The van der Waals surface area contributed by atoms with Gasteiger partial charge in [0.2, 0.25) is 0 Å². The summed E-state index contributed by atoms with van der Waals surface area (Å²) in [6, 6.07) is 0. The molecule has 0 saturated heterocycles. The van der Waals surface area contributed by atoms with Crippen LogP contribution in [0.15, 0.2) is 6.20 Å². The van der Waals surface area contributed by atoms with Crippen molar-refractivity contribution in [3.05, 3.63) is 21.8 Å². The smallest absolute Gasteiger partial charge is 0.143 e. The minimum absolute atomic E-state index is 0.209. The van der Waals surface area contributed by atoms with E-state index in [-0.39, 0.29) is 10.8 Å². The van der Waals surface area contributed by atoms with E-state index < -0.39 is 0 Å². The van der Waals surface area contributed by atoms with Gasteiger partial charge < -0.3 is 11.5 Å². The molecule has 0 aliphatic rings. The number of aromatic nitrogens is 1. The Hall–Kier alpha value is -0.950. The van der Waals surface area contributed by atoms with E-state index >= 15 is 0 Å². The van der Waals surface area contributed by atoms with E-state index in [1.54, 1.807) is 0 Å². The van der Waals surface area contributed by atoms with Crippen LogP contribution in [-0.4, -0.2) is 11.5 Å². The summed E-state index contributed by atoms with van der Waals surface area (Å²) >= 11 is 11.7. The summed E-state index contributed by atoms with van der Waals surface area (Å²) in [6.07, 6.45) is 2.10. The van der Waals surface area contributed by atoms with Crippen molar-refractivity contribution in [1.29, 1.82) is 0 Å². The van der Waals surface area contributed by atoms with Crippen molar-refractivity contribution in [3.8, 4) is 11.8 Å². The number of nitrogen functional groups attached to an aromatic ring is 1. The predicted molar refractivity (Wildman–Crippen MR) is 59.2 cm³/mol. The van der Waals surface area contributed by atoms with Crippen LogP contribution in [0.5, 0.6) is 0 Å². The molecule has 74 valence electrons. The van der Waals surface area contributed by atoms with E-state index in [4.69, 9.17) is 34.7 Å². The van der Waals surface area contributed by atoms with Crippen LogP contribution in [0.1, 0.15) is 12.0 Å². The van der Waals surface area contributed by atoms with Crippen LogP contribution in [0.2, 0.25) is 10.0 Å². The van der Waals surface area contributed by atoms with Crippen LogP contribution < -0.4 is 11.5 Å². The average Bonchev–Trinajstić information content (AvgIpc) is 2.18. The third-order valence-corrected chi connectivity index (χ3v) is 2.35. The van der Waals surface area contributed by atoms with Crippen molar-refractivity contribution in [2.75, 3.05) is 12.3 Å². The number of pyridine rings is 1. The summed E-state index contributed by atoms with van der Waals surface area (Å²) in [4.78, 5) is 3.85. The fraction of sp³-hybridized carbons (Fsp3) is 0.222. The minimum Gasteiger partial charge on any atom is -0.382 e. The predicted octanol–water partition coefficient (Wildman–Crippen LogP) is 1.67. The van der Waals surface area contributed by atoms with Gasteiger partial charge in [-0.15, -0.1) is 0 Å². The van der Waals surface area contributed by atoms with Crippen molar-refractivity contribution >= 4 is 29.0 Å². The molecule has 0 aliphatic heterocycles. The number of anilines is 1. The highest BCUT2D eigenvalue weighted by atomic mass is 35.5. The maximum atomic E-state index is 5.89. The summed E-state index contributed by atoms with van der Waals surface area (Å²) in [5.41, 5.74) is 11.3. The molecule has 0 unspecified atom stereocenters. The lowest BCUT2D eigenvalue weighted by molar-refractivity contribution is 1.03. The molecular formula is C9H9Cl2N3. The van der Waals surface area contributed by atoms with Crippen LogP contribution in [0.3, 0.4) is 0 Å². The van der Waals surface area contributed by atoms with Crippen molar-refractivity contribution < 1.29 is 0 Å². The summed E-state index contributed by atoms with van der Waals surface area (Å²) < 4.78 is 0. The first-order valence-corrected chi connectivity index (χ1v) is 4.70. The fourth-order valence-corrected chi connectivity index (χ4v) is 1.14. The molecule has 0 aromatic carbocycles. The van der Waals surface area contributed by atoms with Gasteiger partial charge in [0, 0.05) is 19.2 Å². The molecule has 0 saturated carbocycles. The lowest BCUT2D eigenvalue weighted by Crippen LogP contribution is -1.96. The summed E-state index contributed by atoms with van der Waals surface area (Å²) in [7, 11) is 0. The molecule has 0 fully saturated rings. The number of nitrogens with zero attached hydrogens (tertiary/aromatic N) is 1. The number of nitrogens with two attached hydrogens (primary N) is 2. The summed E-state index contributed by atoms with van der Waals surface area (Å²) in [5.74, 6) is 5.87. The lowest BCUT2D eigenvalue weighted by Gasteiger charge is -2.00. The second-order valence-corrected chi connectivity index (χ2v) is 3.28. The van der Waals surface area contributed by atoms with Gasteiger partial charge in [0.25, 0.3) is 0 Å². The van der Waals surface area contributed by atoms with Crippen LogP contribution in [0, 0.1) is 11.8 Å². The van der Waals surface area contributed by atoms with Gasteiger partial charge in [-0.1, -0.05) is 35.0 Å². The van der Waals surface area contributed by atoms with Gasteiger partial charge in [-0.25, -0.2) is 4.98 Å². The van der Waals surface area contributed by atoms with Gasteiger partial charge in [0.1, 0.15) is 10.8 Å². The summed E-state index contributed by atoms with van der Waals surface area (Å²) in [6.45, 7) is 0.515. The highest BCUT2D eigenvalue weighted by molar-refractivity contribution is 6.44. The van der Waals surface area contributed by atoms with E-state index in [9.17, 15) is 0 Å². The van der Waals surface area contributed by atoms with Crippen molar-refractivity contribution in [2.24, 2.45) is 5.73 Å². The van der Waals surface area contributed by atoms with Crippen LogP contribution in [-0.2, 0) is 0 Å². The molecule has 14 heavy (non-hydrogen) atoms. The Morgan fingerprint density at radius 1 is 1.36 bits per heavy atom. The highest BCUT2D eigenvalue weighted by Crippen LogP contribution is 2.28. The second kappa shape index (κ2) is 5.06. The number of hydrogen-bond donors (Lipinski definition) is 2. The van der Waals surface area contributed by atoms with Crippen molar-refractivity contribution in [1.82, 2.24) is 4.98 Å². The van der Waals surface area contributed by atoms with Crippen molar-refractivity contribution in [3.63, 3.8) is 0 Å². The Morgan fingerprint density at radius 2 is 2.07 bits per heavy atom. The second-order valence-electron chi connectivity index (χ2n) is 2.53. The number of hydrogen-bond acceptors (Lipinski definition) is 3. The maximum absolute atomic E-state index is 5.89. The Balaban J connectivity index is 3.02. The van der Waals surface area contributed by atoms with E-state index in [2.05, 4.69) is 16.8 Å². The molecule has 1 heterocycles. The largest absolute Gasteiger partial charge is 0.382 e. The Kier molecular flexibility index (Phi) is 4.02. The zero-order chi connectivity index (χ0) is 10.6. The third kappa shape index (κ3) is 2.52. The van der Waals surface area contributed by atoms with Gasteiger partial charge >= 0.3 is 0 Å². The zero-order valence-electron chi connectivity index (χ0n) is 7.35. The standard InChI is InChI=1S/C9H9Cl2N3/c10-7-6(3-1-2-4-12)5-14-9(13)8(7)11/h5H,2,4,12H2,(H2,13,14).